The molecule has 3 aromatic rings. The number of anilines is 1. The fraction of sp³-hybridized carbons (Fsp3) is 0.417. The summed E-state index contributed by atoms with van der Waals surface area (Å²) in [7, 11) is 0. The van der Waals surface area contributed by atoms with Crippen LogP contribution in [0.1, 0.15) is 43.1 Å². The van der Waals surface area contributed by atoms with E-state index < -0.39 is 5.60 Å². The third kappa shape index (κ3) is 3.01. The van der Waals surface area contributed by atoms with Crippen LogP contribution in [0.4, 0.5) is 5.82 Å². The Morgan fingerprint density at radius 1 is 1.03 bits per heavy atom. The van der Waals surface area contributed by atoms with Gasteiger partial charge in [0.05, 0.1) is 6.04 Å². The molecule has 8 heteroatoms. The van der Waals surface area contributed by atoms with Gasteiger partial charge in [-0.05, 0) is 25.3 Å². The number of aromatic nitrogens is 4. The van der Waals surface area contributed by atoms with Gasteiger partial charge in [0.25, 0.3) is 5.91 Å². The number of nitrogens with zero attached hydrogens (tertiary/aromatic N) is 6. The van der Waals surface area contributed by atoms with Gasteiger partial charge in [-0.25, -0.2) is 15.0 Å². The molecule has 0 saturated carbocycles. The van der Waals surface area contributed by atoms with Crippen molar-refractivity contribution in [3.63, 3.8) is 0 Å². The average molecular weight is 431 g/mol. The number of carbonyl (C=O) groups is 1. The second-order valence-electron chi connectivity index (χ2n) is 8.85. The monoisotopic (exact) mass is 430 g/mol. The van der Waals surface area contributed by atoms with Crippen LogP contribution < -0.4 is 4.90 Å². The number of rotatable bonds is 3. The standard InChI is InChI=1S/C24H26N6O2/c1-17-25-11-14-29(17)21-15-20(26-16-27-21)28-12-9-24(10-13-28)23(31)30-19(7-8-22(30)32-24)18-5-3-2-4-6-18/h2-6,11,14-16,19,22H,7-10,12-13H2,1H3. The van der Waals surface area contributed by atoms with Crippen molar-refractivity contribution in [2.45, 2.75) is 50.5 Å². The number of imidazole rings is 1. The van der Waals surface area contributed by atoms with Crippen LogP contribution in [0.3, 0.4) is 0 Å². The quantitative estimate of drug-likeness (QED) is 0.636. The molecule has 3 saturated heterocycles. The van der Waals surface area contributed by atoms with Crippen LogP contribution in [0, 0.1) is 6.92 Å². The SMILES string of the molecule is Cc1nccn1-c1cc(N2CCC3(CC2)OC2CCC(c4ccccc4)N2C3=O)ncn1. The van der Waals surface area contributed by atoms with Gasteiger partial charge in [-0.15, -0.1) is 0 Å². The molecule has 2 atom stereocenters. The normalized spacial score (nSPS) is 24.3. The lowest BCUT2D eigenvalue weighted by molar-refractivity contribution is -0.140. The van der Waals surface area contributed by atoms with Gasteiger partial charge < -0.3 is 14.5 Å². The summed E-state index contributed by atoms with van der Waals surface area (Å²) in [6, 6.07) is 12.4. The molecule has 3 aliphatic heterocycles. The molecule has 0 N–H and O–H groups in total. The van der Waals surface area contributed by atoms with Crippen molar-refractivity contribution in [3.8, 4) is 5.82 Å². The van der Waals surface area contributed by atoms with Crippen LogP contribution in [-0.2, 0) is 9.53 Å². The maximum atomic E-state index is 13.6. The Kier molecular flexibility index (Phi) is 4.50. The van der Waals surface area contributed by atoms with Gasteiger partial charge in [0.1, 0.15) is 30.0 Å². The van der Waals surface area contributed by atoms with Gasteiger partial charge in [0, 0.05) is 44.4 Å². The van der Waals surface area contributed by atoms with Crippen molar-refractivity contribution in [1.82, 2.24) is 24.4 Å². The predicted molar refractivity (Wildman–Crippen MR) is 118 cm³/mol. The summed E-state index contributed by atoms with van der Waals surface area (Å²) in [6.45, 7) is 3.40. The lowest BCUT2D eigenvalue weighted by atomic mass is 9.89. The number of carbonyl (C=O) groups excluding carboxylic acids is 1. The molecule has 0 radical (unpaired) electrons. The van der Waals surface area contributed by atoms with Crippen LogP contribution >= 0.6 is 0 Å². The van der Waals surface area contributed by atoms with Crippen molar-refractivity contribution >= 4 is 11.7 Å². The number of hydrogen-bond donors (Lipinski definition) is 0. The highest BCUT2D eigenvalue weighted by molar-refractivity contribution is 5.88. The molecule has 3 aliphatic rings. The zero-order chi connectivity index (χ0) is 21.7. The summed E-state index contributed by atoms with van der Waals surface area (Å²) < 4.78 is 8.41. The van der Waals surface area contributed by atoms with Crippen LogP contribution in [0.25, 0.3) is 5.82 Å². The first-order valence-corrected chi connectivity index (χ1v) is 11.3. The number of aryl methyl sites for hydroxylation is 1. The molecule has 0 aliphatic carbocycles. The van der Waals surface area contributed by atoms with Crippen molar-refractivity contribution in [3.05, 3.63) is 66.5 Å². The van der Waals surface area contributed by atoms with E-state index in [0.717, 1.165) is 43.4 Å². The molecule has 5 heterocycles. The first-order valence-electron chi connectivity index (χ1n) is 11.3. The second-order valence-corrected chi connectivity index (χ2v) is 8.85. The van der Waals surface area contributed by atoms with E-state index in [1.165, 1.54) is 5.56 Å². The molecule has 1 aromatic carbocycles. The van der Waals surface area contributed by atoms with Crippen LogP contribution in [0.15, 0.2) is 55.1 Å². The molecule has 1 amide bonds. The van der Waals surface area contributed by atoms with Crippen molar-refractivity contribution in [2.24, 2.45) is 0 Å². The summed E-state index contributed by atoms with van der Waals surface area (Å²) in [5, 5.41) is 0. The lowest BCUT2D eigenvalue weighted by Crippen LogP contribution is -2.50. The highest BCUT2D eigenvalue weighted by Gasteiger charge is 2.57. The Morgan fingerprint density at radius 3 is 2.56 bits per heavy atom. The fourth-order valence-corrected chi connectivity index (χ4v) is 5.41. The smallest absolute Gasteiger partial charge is 0.257 e. The van der Waals surface area contributed by atoms with E-state index in [4.69, 9.17) is 4.74 Å². The zero-order valence-electron chi connectivity index (χ0n) is 18.1. The fourth-order valence-electron chi connectivity index (χ4n) is 5.41. The zero-order valence-corrected chi connectivity index (χ0v) is 18.1. The van der Waals surface area contributed by atoms with Gasteiger partial charge in [-0.1, -0.05) is 30.3 Å². The first-order chi connectivity index (χ1) is 15.6. The van der Waals surface area contributed by atoms with E-state index in [9.17, 15) is 4.79 Å². The summed E-state index contributed by atoms with van der Waals surface area (Å²) in [4.78, 5) is 31.0. The minimum atomic E-state index is -0.703. The van der Waals surface area contributed by atoms with Crippen molar-refractivity contribution in [2.75, 3.05) is 18.0 Å². The molecular formula is C24H26N6O2. The van der Waals surface area contributed by atoms with Gasteiger partial charge in [-0.3, -0.25) is 9.36 Å². The minimum Gasteiger partial charge on any atom is -0.356 e. The average Bonchev–Trinajstić information content (AvgIpc) is 3.51. The Bertz CT molecular complexity index is 1140. The number of ether oxygens (including phenoxy) is 1. The summed E-state index contributed by atoms with van der Waals surface area (Å²) in [5.74, 6) is 2.70. The highest BCUT2D eigenvalue weighted by Crippen LogP contribution is 2.47. The van der Waals surface area contributed by atoms with Crippen LogP contribution in [0.2, 0.25) is 0 Å². The summed E-state index contributed by atoms with van der Waals surface area (Å²) in [5.41, 5.74) is 0.496. The molecule has 32 heavy (non-hydrogen) atoms. The number of amides is 1. The van der Waals surface area contributed by atoms with E-state index in [0.29, 0.717) is 12.8 Å². The second kappa shape index (κ2) is 7.41. The van der Waals surface area contributed by atoms with Gasteiger partial charge in [-0.2, -0.15) is 0 Å². The number of piperidine rings is 1. The lowest BCUT2D eigenvalue weighted by Gasteiger charge is -2.38. The maximum Gasteiger partial charge on any atom is 0.257 e. The van der Waals surface area contributed by atoms with Gasteiger partial charge in [0.15, 0.2) is 5.60 Å². The molecule has 3 fully saturated rings. The minimum absolute atomic E-state index is 0.103. The predicted octanol–water partition coefficient (Wildman–Crippen LogP) is 3.03. The first kappa shape index (κ1) is 19.4. The van der Waals surface area contributed by atoms with E-state index in [-0.39, 0.29) is 18.2 Å². The largest absolute Gasteiger partial charge is 0.356 e. The Balaban J connectivity index is 1.19. The Labute approximate surface area is 186 Å². The number of fused-ring (bicyclic) bond motifs is 1. The van der Waals surface area contributed by atoms with Crippen molar-refractivity contribution in [1.29, 1.82) is 0 Å². The Morgan fingerprint density at radius 2 is 1.81 bits per heavy atom. The molecule has 1 spiro atoms. The van der Waals surface area contributed by atoms with Crippen molar-refractivity contribution < 1.29 is 9.53 Å². The summed E-state index contributed by atoms with van der Waals surface area (Å²) >= 11 is 0. The molecule has 8 nitrogen and oxygen atoms in total. The van der Waals surface area contributed by atoms with Crippen LogP contribution in [0.5, 0.6) is 0 Å². The highest BCUT2D eigenvalue weighted by atomic mass is 16.6. The third-order valence-corrected chi connectivity index (χ3v) is 7.11. The number of hydrogen-bond acceptors (Lipinski definition) is 6. The molecule has 6 rings (SSSR count). The van der Waals surface area contributed by atoms with E-state index in [1.807, 2.05) is 46.9 Å². The van der Waals surface area contributed by atoms with E-state index in [1.54, 1.807) is 12.5 Å². The van der Waals surface area contributed by atoms with E-state index in [2.05, 4.69) is 32.0 Å². The Hall–Kier alpha value is -3.26. The molecule has 0 bridgehead atoms. The molecule has 2 aromatic heterocycles. The summed E-state index contributed by atoms with van der Waals surface area (Å²) in [6.07, 6.45) is 8.35. The van der Waals surface area contributed by atoms with Gasteiger partial charge in [0.2, 0.25) is 0 Å². The molecular weight excluding hydrogens is 404 g/mol. The van der Waals surface area contributed by atoms with Gasteiger partial charge >= 0.3 is 0 Å². The third-order valence-electron chi connectivity index (χ3n) is 7.11. The molecule has 2 unspecified atom stereocenters. The maximum absolute atomic E-state index is 13.6. The molecule has 164 valence electrons. The number of benzene rings is 1. The topological polar surface area (TPSA) is 76.4 Å². The van der Waals surface area contributed by atoms with Crippen LogP contribution in [-0.4, -0.2) is 55.2 Å². The van der Waals surface area contributed by atoms with E-state index >= 15 is 0 Å².